The van der Waals surface area contributed by atoms with Gasteiger partial charge in [-0.15, -0.1) is 0 Å². The molecule has 10 N–H and O–H groups in total. The van der Waals surface area contributed by atoms with Crippen molar-refractivity contribution in [1.82, 2.24) is 16.0 Å². The van der Waals surface area contributed by atoms with Gasteiger partial charge in [0.1, 0.15) is 6.29 Å². The van der Waals surface area contributed by atoms with E-state index in [1.807, 2.05) is 79.6 Å². The summed E-state index contributed by atoms with van der Waals surface area (Å²) in [7, 11) is 18.2. The first-order chi connectivity index (χ1) is 20.8. The maximum Gasteiger partial charge on any atom is 0.116 e. The van der Waals surface area contributed by atoms with Crippen molar-refractivity contribution in [2.24, 2.45) is 17.2 Å². The summed E-state index contributed by atoms with van der Waals surface area (Å²) in [6, 6.07) is 0. The van der Waals surface area contributed by atoms with Gasteiger partial charge in [-0.1, -0.05) is 53.7 Å². The molecule has 0 aromatic carbocycles. The van der Waals surface area contributed by atoms with E-state index in [1.165, 1.54) is 40.2 Å². The number of allylic oxidation sites excluding steroid dienone is 5. The summed E-state index contributed by atoms with van der Waals surface area (Å²) in [6.07, 6.45) is 22.4. The summed E-state index contributed by atoms with van der Waals surface area (Å²) in [6.45, 7) is 20.3. The molecule has 280 valence electrons. The molecule has 0 spiro atoms. The van der Waals surface area contributed by atoms with Crippen LogP contribution in [0.5, 0.6) is 0 Å². The molecule has 9 nitrogen and oxygen atoms in total. The predicted molar refractivity (Wildman–Crippen MR) is 221 cm³/mol. The van der Waals surface area contributed by atoms with Gasteiger partial charge in [0.25, 0.3) is 0 Å². The molecule has 45 heavy (non-hydrogen) atoms. The van der Waals surface area contributed by atoms with Crippen LogP contribution in [0.4, 0.5) is 0 Å². The minimum atomic E-state index is 0. The van der Waals surface area contributed by atoms with Crippen LogP contribution in [0.2, 0.25) is 0 Å². The summed E-state index contributed by atoms with van der Waals surface area (Å²) in [4.78, 5) is 8.81. The van der Waals surface area contributed by atoms with Crippen LogP contribution in [0.3, 0.4) is 0 Å². The summed E-state index contributed by atoms with van der Waals surface area (Å²) < 4.78 is 4.51. The number of aliphatic hydroxyl groups excluding tert-OH is 1. The number of aldehydes is 1. The van der Waals surface area contributed by atoms with Crippen molar-refractivity contribution in [3.05, 3.63) is 62.2 Å². The number of carbonyl (C=O) groups excluding carboxylic acids is 1. The fourth-order valence-electron chi connectivity index (χ4n) is 0.469. The van der Waals surface area contributed by atoms with Crippen molar-refractivity contribution >= 4 is 53.1 Å². The fraction of sp³-hybridized carbons (Fsp3) is 0.633. The molecule has 0 saturated carbocycles. The van der Waals surface area contributed by atoms with Gasteiger partial charge in [-0.3, -0.25) is 12.2 Å². The van der Waals surface area contributed by atoms with E-state index in [2.05, 4.69) is 75.7 Å². The Morgan fingerprint density at radius 3 is 0.800 bits per heavy atom. The molecule has 0 aromatic rings. The molecule has 0 bridgehead atoms. The van der Waals surface area contributed by atoms with Crippen molar-refractivity contribution in [3.63, 3.8) is 0 Å². The fourth-order valence-corrected chi connectivity index (χ4v) is 0.469. The number of hydrogen-bond acceptors (Lipinski definition) is 13. The first-order valence-corrected chi connectivity index (χ1v) is 17.4. The molecule has 0 aromatic heterocycles. The molecule has 0 amide bonds. The first kappa shape index (κ1) is 103. The second-order valence-corrected chi connectivity index (χ2v) is 6.68. The Labute approximate surface area is 354 Å². The van der Waals surface area contributed by atoms with Gasteiger partial charge in [-0.2, -0.15) is 25.3 Å². The van der Waals surface area contributed by atoms with Gasteiger partial charge in [0.15, 0.2) is 0 Å². The molecule has 0 rings (SSSR count). The Hall–Kier alpha value is 1.18. The molecule has 15 heteroatoms. The van der Waals surface area contributed by atoms with Crippen molar-refractivity contribution in [3.8, 4) is 0 Å². The van der Waals surface area contributed by atoms with Gasteiger partial charge >= 0.3 is 0 Å². The van der Waals surface area contributed by atoms with Crippen molar-refractivity contribution < 1.29 is 80.1 Å². The Kier molecular flexibility index (Phi) is 775. The average molecular weight is 879 g/mol. The summed E-state index contributed by atoms with van der Waals surface area (Å²) >= 11 is 7.06. The molecule has 0 fully saturated rings. The smallest absolute Gasteiger partial charge is 0.116 e. The first-order valence-electron chi connectivity index (χ1n) is 12.6. The number of nitrogens with one attached hydrogen (secondary N) is 3. The second kappa shape index (κ2) is 337. The third-order valence-electron chi connectivity index (χ3n) is 1.11. The SMILES string of the molecule is CC=CNC.CC=CNC.CC=COC.CC=O.CN.CN.CN.CNC.CO.CS.CS.CSSC.[CH-]=CC.[CH-]=CC.[Y].[Y]. The number of thiol groups is 2. The van der Waals surface area contributed by atoms with Gasteiger partial charge in [0, 0.05) is 86.6 Å². The zero-order valence-corrected chi connectivity index (χ0v) is 41.8. The third-order valence-corrected chi connectivity index (χ3v) is 2.44. The van der Waals surface area contributed by atoms with E-state index in [9.17, 15) is 0 Å². The van der Waals surface area contributed by atoms with Gasteiger partial charge in [-0.05, 0) is 100 Å². The van der Waals surface area contributed by atoms with E-state index in [1.54, 1.807) is 61.3 Å². The molecule has 0 aliphatic heterocycles. The number of methoxy groups -OCH3 is 1. The zero-order valence-electron chi connectivity index (χ0n) is 32.7. The van der Waals surface area contributed by atoms with Crippen LogP contribution in [0, 0.1) is 13.2 Å². The summed E-state index contributed by atoms with van der Waals surface area (Å²) in [5.74, 6) is 0. The number of carbonyl (C=O) groups is 1. The van der Waals surface area contributed by atoms with Crippen LogP contribution in [-0.4, -0.2) is 100.0 Å². The van der Waals surface area contributed by atoms with Gasteiger partial charge in [0.05, 0.1) is 13.4 Å². The van der Waals surface area contributed by atoms with E-state index in [4.69, 9.17) is 23.1 Å². The molecule has 0 atom stereocenters. The van der Waals surface area contributed by atoms with E-state index < -0.39 is 0 Å². The predicted octanol–water partition coefficient (Wildman–Crippen LogP) is 5.72. The van der Waals surface area contributed by atoms with Gasteiger partial charge < -0.3 is 60.9 Å². The molecule has 0 heterocycles. The minimum Gasteiger partial charge on any atom is -0.518 e. The molecule has 0 saturated heterocycles. The standard InChI is InChI=1S/2C4H9N.C4H8O.2C3H5.C2H7N.C2H4O.C2H6S2.3CH5N.CH4O.2CH4S.2Y/c3*1-3-4-5-2;3*1-3-2;1-2-3;1-3-4-2;6*1-2;;/h2*3-5H,1-2H3;3-4H,1-2H3;2*1,3H,2H3;3H,1-2H3;2H,1H3;1-2H3;3*2H2,1H3;3*2H,1H3;;/q;;;2*-1;;;;;;;;;;;. The third kappa shape index (κ3) is 1260. The van der Waals surface area contributed by atoms with Crippen molar-refractivity contribution in [1.29, 1.82) is 0 Å². The van der Waals surface area contributed by atoms with Crippen molar-refractivity contribution in [2.45, 2.75) is 41.5 Å². The Morgan fingerprint density at radius 1 is 0.644 bits per heavy atom. The largest absolute Gasteiger partial charge is 0.518 e. The Bertz CT molecular complexity index is 301. The maximum absolute atomic E-state index is 8.81. The van der Waals surface area contributed by atoms with E-state index in [0.717, 1.165) is 13.4 Å². The number of aliphatic hydroxyl groups is 1. The molecule has 0 aliphatic carbocycles. The molecule has 0 aliphatic rings. The van der Waals surface area contributed by atoms with Gasteiger partial charge in [-0.25, -0.2) is 0 Å². The Morgan fingerprint density at radius 2 is 0.800 bits per heavy atom. The zero-order chi connectivity index (χ0) is 38.6. The van der Waals surface area contributed by atoms with Crippen LogP contribution >= 0.6 is 46.8 Å². The van der Waals surface area contributed by atoms with Crippen LogP contribution < -0.4 is 33.2 Å². The van der Waals surface area contributed by atoms with Crippen molar-refractivity contribution in [2.75, 3.05) is 88.6 Å². The molecular formula is C30H80N6O3S4Y2-2. The van der Waals surface area contributed by atoms with Crippen LogP contribution in [0.1, 0.15) is 41.5 Å². The quantitative estimate of drug-likeness (QED) is 0.0559. The molecule has 0 unspecified atom stereocenters. The molecule has 2 radical (unpaired) electrons. The summed E-state index contributed by atoms with van der Waals surface area (Å²) in [5, 5.41) is 15.4. The van der Waals surface area contributed by atoms with Crippen LogP contribution in [0.15, 0.2) is 49.0 Å². The monoisotopic (exact) mass is 878 g/mol. The van der Waals surface area contributed by atoms with E-state index >= 15 is 0 Å². The van der Waals surface area contributed by atoms with E-state index in [-0.39, 0.29) is 65.4 Å². The number of rotatable bonds is 4. The second-order valence-electron chi connectivity index (χ2n) is 4.02. The van der Waals surface area contributed by atoms with Gasteiger partial charge in [0.2, 0.25) is 0 Å². The number of ether oxygens (including phenoxy) is 1. The average Bonchev–Trinajstić information content (AvgIpc) is 3.06. The van der Waals surface area contributed by atoms with E-state index in [0.29, 0.717) is 0 Å². The summed E-state index contributed by atoms with van der Waals surface area (Å²) in [5.41, 5.74) is 13.5. The minimum absolute atomic E-state index is 0. The maximum atomic E-state index is 8.81. The normalized spacial score (nSPS) is 5.80. The van der Waals surface area contributed by atoms with Crippen LogP contribution in [-0.2, 0) is 74.9 Å². The number of nitrogens with two attached hydrogens (primary N) is 3. The Balaban J connectivity index is -0.0000000146. The number of hydrogen-bond donors (Lipinski definition) is 9. The topological polar surface area (TPSA) is 161 Å². The van der Waals surface area contributed by atoms with Crippen LogP contribution in [0.25, 0.3) is 0 Å². The molecular weight excluding hydrogens is 798 g/mol.